The van der Waals surface area contributed by atoms with Gasteiger partial charge < -0.3 is 20.5 Å². The summed E-state index contributed by atoms with van der Waals surface area (Å²) in [6.45, 7) is 3.60. The summed E-state index contributed by atoms with van der Waals surface area (Å²) >= 11 is 0. The number of methoxy groups -OCH3 is 1. The SMILES string of the molecule is CO[C@@](CC(C)C)(NC(=O)C=O)C(=O)N[C@@H](Cc1ccccc1)C(=O)O. The van der Waals surface area contributed by atoms with E-state index in [2.05, 4.69) is 10.6 Å². The first-order chi connectivity index (χ1) is 12.2. The minimum atomic E-state index is -1.84. The third kappa shape index (κ3) is 5.96. The van der Waals surface area contributed by atoms with Crippen molar-refractivity contribution in [3.8, 4) is 0 Å². The normalized spacial score (nSPS) is 14.2. The van der Waals surface area contributed by atoms with Gasteiger partial charge in [0.15, 0.2) is 0 Å². The number of nitrogens with one attached hydrogen (secondary N) is 2. The molecule has 2 amide bonds. The van der Waals surface area contributed by atoms with Crippen LogP contribution in [-0.4, -0.2) is 48.1 Å². The zero-order valence-electron chi connectivity index (χ0n) is 15.0. The summed E-state index contributed by atoms with van der Waals surface area (Å²) in [5.41, 5.74) is -1.11. The molecule has 0 bridgehead atoms. The number of ether oxygens (including phenoxy) is 1. The van der Waals surface area contributed by atoms with Gasteiger partial charge in [-0.1, -0.05) is 44.2 Å². The smallest absolute Gasteiger partial charge is 0.326 e. The number of hydrogen-bond donors (Lipinski definition) is 3. The molecule has 26 heavy (non-hydrogen) atoms. The third-order valence-corrected chi connectivity index (χ3v) is 3.73. The quantitative estimate of drug-likeness (QED) is 0.316. The van der Waals surface area contributed by atoms with E-state index in [1.54, 1.807) is 44.2 Å². The third-order valence-electron chi connectivity index (χ3n) is 3.73. The molecule has 0 saturated carbocycles. The van der Waals surface area contributed by atoms with Gasteiger partial charge in [0.1, 0.15) is 6.04 Å². The van der Waals surface area contributed by atoms with Crippen LogP contribution in [-0.2, 0) is 30.3 Å². The summed E-state index contributed by atoms with van der Waals surface area (Å²) in [6.07, 6.45) is 0.150. The maximum Gasteiger partial charge on any atom is 0.326 e. The van der Waals surface area contributed by atoms with E-state index in [1.165, 1.54) is 7.11 Å². The van der Waals surface area contributed by atoms with Crippen molar-refractivity contribution in [3.05, 3.63) is 35.9 Å². The molecule has 0 fully saturated rings. The summed E-state index contributed by atoms with van der Waals surface area (Å²) < 4.78 is 5.22. The molecule has 0 unspecified atom stereocenters. The lowest BCUT2D eigenvalue weighted by atomic mass is 9.97. The van der Waals surface area contributed by atoms with Crippen LogP contribution in [0.1, 0.15) is 25.8 Å². The average Bonchev–Trinajstić information content (AvgIpc) is 2.60. The van der Waals surface area contributed by atoms with E-state index in [-0.39, 0.29) is 25.0 Å². The molecule has 1 aromatic carbocycles. The Bertz CT molecular complexity index is 646. The maximum absolute atomic E-state index is 12.8. The van der Waals surface area contributed by atoms with Gasteiger partial charge in [0.05, 0.1) is 0 Å². The molecule has 0 radical (unpaired) electrons. The van der Waals surface area contributed by atoms with E-state index < -0.39 is 29.6 Å². The Labute approximate surface area is 151 Å². The second kappa shape index (κ2) is 9.67. The molecule has 142 valence electrons. The number of carbonyl (C=O) groups is 4. The zero-order chi connectivity index (χ0) is 19.7. The Balaban J connectivity index is 3.04. The lowest BCUT2D eigenvalue weighted by molar-refractivity contribution is -0.159. The van der Waals surface area contributed by atoms with Crippen molar-refractivity contribution in [1.29, 1.82) is 0 Å². The molecule has 8 heteroatoms. The van der Waals surface area contributed by atoms with E-state index in [0.717, 1.165) is 5.56 Å². The number of carbonyl (C=O) groups excluding carboxylic acids is 3. The number of benzene rings is 1. The molecule has 0 saturated heterocycles. The Hall–Kier alpha value is -2.74. The molecule has 0 aliphatic rings. The first-order valence-corrected chi connectivity index (χ1v) is 8.14. The fourth-order valence-corrected chi connectivity index (χ4v) is 2.56. The van der Waals surface area contributed by atoms with Crippen molar-refractivity contribution in [2.24, 2.45) is 5.92 Å². The van der Waals surface area contributed by atoms with Crippen LogP contribution in [0.25, 0.3) is 0 Å². The number of carboxylic acid groups (broad SMARTS) is 1. The van der Waals surface area contributed by atoms with E-state index in [0.29, 0.717) is 0 Å². The van der Waals surface area contributed by atoms with Gasteiger partial charge in [-0.05, 0) is 11.5 Å². The minimum Gasteiger partial charge on any atom is -0.480 e. The lowest BCUT2D eigenvalue weighted by Crippen LogP contribution is -2.63. The first kappa shape index (κ1) is 21.3. The van der Waals surface area contributed by atoms with Gasteiger partial charge in [-0.2, -0.15) is 0 Å². The number of amides is 2. The molecule has 0 aliphatic heterocycles. The van der Waals surface area contributed by atoms with Crippen molar-refractivity contribution in [2.45, 2.75) is 38.5 Å². The number of carboxylic acids is 1. The molecule has 0 heterocycles. The summed E-state index contributed by atoms with van der Waals surface area (Å²) in [7, 11) is 1.21. The summed E-state index contributed by atoms with van der Waals surface area (Å²) in [6, 6.07) is 7.59. The molecule has 2 atom stereocenters. The van der Waals surface area contributed by atoms with E-state index in [1.807, 2.05) is 0 Å². The van der Waals surface area contributed by atoms with E-state index >= 15 is 0 Å². The summed E-state index contributed by atoms with van der Waals surface area (Å²) in [4.78, 5) is 46.5. The van der Waals surface area contributed by atoms with E-state index in [9.17, 15) is 24.3 Å². The summed E-state index contributed by atoms with van der Waals surface area (Å²) in [5.74, 6) is -3.16. The van der Waals surface area contributed by atoms with Gasteiger partial charge in [0.2, 0.25) is 12.0 Å². The molecule has 1 aromatic rings. The molecular formula is C18H24N2O6. The highest BCUT2D eigenvalue weighted by atomic mass is 16.5. The molecule has 1 rings (SSSR count). The number of aliphatic carboxylic acids is 1. The first-order valence-electron chi connectivity index (χ1n) is 8.14. The predicted octanol–water partition coefficient (Wildman–Crippen LogP) is 0.502. The highest BCUT2D eigenvalue weighted by Gasteiger charge is 2.42. The highest BCUT2D eigenvalue weighted by Crippen LogP contribution is 2.19. The van der Waals surface area contributed by atoms with Gasteiger partial charge in [-0.25, -0.2) is 4.79 Å². The Morgan fingerprint density at radius 1 is 1.23 bits per heavy atom. The lowest BCUT2D eigenvalue weighted by Gasteiger charge is -2.33. The van der Waals surface area contributed by atoms with Crippen molar-refractivity contribution >= 4 is 24.1 Å². The maximum atomic E-state index is 12.8. The number of rotatable bonds is 10. The molecule has 3 N–H and O–H groups in total. The molecular weight excluding hydrogens is 340 g/mol. The van der Waals surface area contributed by atoms with Crippen LogP contribution in [0.5, 0.6) is 0 Å². The van der Waals surface area contributed by atoms with Crippen LogP contribution < -0.4 is 10.6 Å². The van der Waals surface area contributed by atoms with Gasteiger partial charge >= 0.3 is 5.97 Å². The second-order valence-corrected chi connectivity index (χ2v) is 6.29. The van der Waals surface area contributed by atoms with Gasteiger partial charge in [-0.3, -0.25) is 14.4 Å². The highest BCUT2D eigenvalue weighted by molar-refractivity contribution is 6.24. The van der Waals surface area contributed by atoms with Crippen LogP contribution >= 0.6 is 0 Å². The zero-order valence-corrected chi connectivity index (χ0v) is 15.0. The number of aldehydes is 1. The summed E-state index contributed by atoms with van der Waals surface area (Å²) in [5, 5.41) is 14.1. The monoisotopic (exact) mass is 364 g/mol. The van der Waals surface area contributed by atoms with Crippen LogP contribution in [0.2, 0.25) is 0 Å². The van der Waals surface area contributed by atoms with Crippen LogP contribution in [0.15, 0.2) is 30.3 Å². The fourth-order valence-electron chi connectivity index (χ4n) is 2.56. The van der Waals surface area contributed by atoms with Gasteiger partial charge in [-0.15, -0.1) is 0 Å². The second-order valence-electron chi connectivity index (χ2n) is 6.29. The van der Waals surface area contributed by atoms with Crippen molar-refractivity contribution in [1.82, 2.24) is 10.6 Å². The van der Waals surface area contributed by atoms with E-state index in [4.69, 9.17) is 4.74 Å². The van der Waals surface area contributed by atoms with Gasteiger partial charge in [0.25, 0.3) is 11.8 Å². The predicted molar refractivity (Wildman–Crippen MR) is 93.1 cm³/mol. The average molecular weight is 364 g/mol. The standard InChI is InChI=1S/C18H24N2O6/c1-12(2)10-18(26-3,20-15(22)11-21)17(25)19-14(16(23)24)9-13-7-5-4-6-8-13/h4-8,11-12,14H,9-10H2,1-3H3,(H,19,25)(H,20,22)(H,23,24)/t14-,18+/m0/s1. The minimum absolute atomic E-state index is 0.0278. The Morgan fingerprint density at radius 3 is 2.31 bits per heavy atom. The number of hydrogen-bond acceptors (Lipinski definition) is 5. The van der Waals surface area contributed by atoms with Crippen molar-refractivity contribution in [2.75, 3.05) is 7.11 Å². The Morgan fingerprint density at radius 2 is 1.85 bits per heavy atom. The van der Waals surface area contributed by atoms with Gasteiger partial charge in [0, 0.05) is 20.0 Å². The topological polar surface area (TPSA) is 122 Å². The van der Waals surface area contributed by atoms with Crippen LogP contribution in [0, 0.1) is 5.92 Å². The fraction of sp³-hybridized carbons (Fsp3) is 0.444. The van der Waals surface area contributed by atoms with Crippen LogP contribution in [0.4, 0.5) is 0 Å². The molecule has 0 spiro atoms. The largest absolute Gasteiger partial charge is 0.480 e. The van der Waals surface area contributed by atoms with Crippen LogP contribution in [0.3, 0.4) is 0 Å². The molecule has 0 aromatic heterocycles. The molecule has 0 aliphatic carbocycles. The Kier molecular flexibility index (Phi) is 7.92. The molecule has 8 nitrogen and oxygen atoms in total. The van der Waals surface area contributed by atoms with Crippen molar-refractivity contribution < 1.29 is 29.0 Å². The van der Waals surface area contributed by atoms with Crippen molar-refractivity contribution in [3.63, 3.8) is 0 Å².